The minimum atomic E-state index is -0.772. The number of anilines is 1. The van der Waals surface area contributed by atoms with E-state index in [4.69, 9.17) is 9.47 Å². The highest BCUT2D eigenvalue weighted by Gasteiger charge is 2.18. The molecule has 0 aliphatic carbocycles. The number of hydrogen-bond acceptors (Lipinski definition) is 8. The van der Waals surface area contributed by atoms with Crippen LogP contribution in [0.2, 0.25) is 0 Å². The summed E-state index contributed by atoms with van der Waals surface area (Å²) in [5.41, 5.74) is 2.03. The molecule has 2 heterocycles. The van der Waals surface area contributed by atoms with Gasteiger partial charge in [0.15, 0.2) is 5.82 Å². The van der Waals surface area contributed by atoms with Gasteiger partial charge in [0, 0.05) is 13.1 Å². The molecule has 0 saturated carbocycles. The highest BCUT2D eigenvalue weighted by molar-refractivity contribution is 5.58. The molecule has 0 bridgehead atoms. The van der Waals surface area contributed by atoms with Crippen molar-refractivity contribution in [1.82, 2.24) is 19.9 Å². The van der Waals surface area contributed by atoms with Crippen LogP contribution in [0.5, 0.6) is 17.2 Å². The molecule has 1 N–H and O–H groups in total. The molecule has 34 heavy (non-hydrogen) atoms. The Labute approximate surface area is 196 Å². The molecule has 0 unspecified atom stereocenters. The Morgan fingerprint density at radius 3 is 1.94 bits per heavy atom. The van der Waals surface area contributed by atoms with E-state index in [0.29, 0.717) is 24.9 Å². The predicted octanol–water partition coefficient (Wildman–Crippen LogP) is 4.31. The number of hydrogen-bond donors (Lipinski definition) is 1. The topological polar surface area (TPSA) is 93.5 Å². The van der Waals surface area contributed by atoms with E-state index >= 15 is 0 Å². The minimum absolute atomic E-state index is 0.000551. The molecular weight excluding hydrogens is 437 g/mol. The molecule has 4 aromatic rings. The molecule has 0 amide bonds. The van der Waals surface area contributed by atoms with E-state index in [2.05, 4.69) is 19.9 Å². The summed E-state index contributed by atoms with van der Waals surface area (Å²) in [6.07, 6.45) is 1.04. The minimum Gasteiger partial charge on any atom is -0.506 e. The van der Waals surface area contributed by atoms with Gasteiger partial charge in [-0.25, -0.2) is 9.97 Å². The summed E-state index contributed by atoms with van der Waals surface area (Å²) in [5.74, 6) is 1.45. The van der Waals surface area contributed by atoms with E-state index < -0.39 is 5.95 Å². The fourth-order valence-corrected chi connectivity index (χ4v) is 3.42. The van der Waals surface area contributed by atoms with Crippen molar-refractivity contribution >= 4 is 5.95 Å². The van der Waals surface area contributed by atoms with Crippen LogP contribution >= 0.6 is 0 Å². The maximum atomic E-state index is 14.4. The Kier molecular flexibility index (Phi) is 6.82. The monoisotopic (exact) mass is 461 g/mol. The van der Waals surface area contributed by atoms with Gasteiger partial charge in [-0.05, 0) is 48.4 Å². The van der Waals surface area contributed by atoms with Crippen LogP contribution in [-0.4, -0.2) is 39.3 Å². The van der Waals surface area contributed by atoms with Crippen LogP contribution < -0.4 is 14.4 Å². The number of pyridine rings is 1. The van der Waals surface area contributed by atoms with Gasteiger partial charge >= 0.3 is 0 Å². The first-order valence-corrected chi connectivity index (χ1v) is 10.5. The summed E-state index contributed by atoms with van der Waals surface area (Å²) < 4.78 is 24.9. The fraction of sp³-hybridized carbons (Fsp3) is 0.200. The molecular formula is C25H24FN5O3. The molecule has 0 saturated heterocycles. The van der Waals surface area contributed by atoms with E-state index in [1.807, 2.05) is 53.4 Å². The zero-order valence-corrected chi connectivity index (χ0v) is 19.1. The first-order chi connectivity index (χ1) is 16.4. The van der Waals surface area contributed by atoms with Gasteiger partial charge < -0.3 is 19.5 Å². The van der Waals surface area contributed by atoms with E-state index in [1.54, 1.807) is 21.1 Å². The molecule has 0 aliphatic heterocycles. The molecule has 0 fully saturated rings. The summed E-state index contributed by atoms with van der Waals surface area (Å²) in [4.78, 5) is 18.9. The molecule has 0 spiro atoms. The number of ether oxygens (including phenoxy) is 2. The number of halogens is 1. The van der Waals surface area contributed by atoms with Crippen molar-refractivity contribution in [2.45, 2.75) is 20.0 Å². The van der Waals surface area contributed by atoms with Gasteiger partial charge in [-0.1, -0.05) is 24.3 Å². The van der Waals surface area contributed by atoms with Gasteiger partial charge in [-0.2, -0.15) is 14.4 Å². The molecule has 4 rings (SSSR count). The zero-order chi connectivity index (χ0) is 24.1. The fourth-order valence-electron chi connectivity index (χ4n) is 3.42. The summed E-state index contributed by atoms with van der Waals surface area (Å²) in [6, 6.07) is 16.7. The zero-order valence-electron chi connectivity index (χ0n) is 19.1. The SMILES string of the molecule is COc1ccc(CN(Cc2ccc(OC)cc2)c2nc(C)nc(-c3cc(O)cnc3F)n2)cc1. The first-order valence-electron chi connectivity index (χ1n) is 10.5. The quantitative estimate of drug-likeness (QED) is 0.388. The Hall–Kier alpha value is -4.27. The third kappa shape index (κ3) is 5.37. The van der Waals surface area contributed by atoms with Crippen LogP contribution in [-0.2, 0) is 13.1 Å². The Bertz CT molecular complexity index is 1220. The van der Waals surface area contributed by atoms with Gasteiger partial charge in [0.25, 0.3) is 0 Å². The normalized spacial score (nSPS) is 10.7. The second-order valence-corrected chi connectivity index (χ2v) is 7.59. The largest absolute Gasteiger partial charge is 0.506 e. The first kappa shape index (κ1) is 22.9. The lowest BCUT2D eigenvalue weighted by Crippen LogP contribution is -2.25. The van der Waals surface area contributed by atoms with Gasteiger partial charge in [-0.15, -0.1) is 0 Å². The van der Waals surface area contributed by atoms with E-state index in [-0.39, 0.29) is 17.1 Å². The van der Waals surface area contributed by atoms with Crippen molar-refractivity contribution in [3.63, 3.8) is 0 Å². The average Bonchev–Trinajstić information content (AvgIpc) is 2.85. The van der Waals surface area contributed by atoms with Crippen molar-refractivity contribution in [2.75, 3.05) is 19.1 Å². The van der Waals surface area contributed by atoms with Gasteiger partial charge in [0.05, 0.1) is 26.0 Å². The van der Waals surface area contributed by atoms with Crippen LogP contribution in [0, 0.1) is 12.9 Å². The number of benzene rings is 2. The highest BCUT2D eigenvalue weighted by Crippen LogP contribution is 2.25. The van der Waals surface area contributed by atoms with E-state index in [1.165, 1.54) is 6.07 Å². The number of rotatable bonds is 8. The summed E-state index contributed by atoms with van der Waals surface area (Å²) in [7, 11) is 3.24. The van der Waals surface area contributed by atoms with Gasteiger partial charge in [0.1, 0.15) is 23.1 Å². The van der Waals surface area contributed by atoms with Crippen LogP contribution in [0.15, 0.2) is 60.8 Å². The van der Waals surface area contributed by atoms with E-state index in [9.17, 15) is 9.50 Å². The average molecular weight is 461 g/mol. The number of methoxy groups -OCH3 is 2. The second kappa shape index (κ2) is 10.1. The van der Waals surface area contributed by atoms with E-state index in [0.717, 1.165) is 28.8 Å². The van der Waals surface area contributed by atoms with Crippen LogP contribution in [0.4, 0.5) is 10.3 Å². The Balaban J connectivity index is 1.73. The molecule has 9 heteroatoms. The summed E-state index contributed by atoms with van der Waals surface area (Å²) >= 11 is 0. The molecule has 8 nitrogen and oxygen atoms in total. The summed E-state index contributed by atoms with van der Waals surface area (Å²) in [5, 5.41) is 9.79. The number of aryl methyl sites for hydroxylation is 1. The molecule has 0 atom stereocenters. The van der Waals surface area contributed by atoms with Crippen molar-refractivity contribution in [2.24, 2.45) is 0 Å². The molecule has 2 aromatic heterocycles. The molecule has 0 aliphatic rings. The number of nitrogens with zero attached hydrogens (tertiary/aromatic N) is 5. The number of aromatic hydroxyl groups is 1. The van der Waals surface area contributed by atoms with Crippen LogP contribution in [0.25, 0.3) is 11.4 Å². The Morgan fingerprint density at radius 2 is 1.41 bits per heavy atom. The molecule has 2 aromatic carbocycles. The van der Waals surface area contributed by atoms with Gasteiger partial charge in [0.2, 0.25) is 11.9 Å². The van der Waals surface area contributed by atoms with Crippen molar-refractivity contribution < 1.29 is 19.0 Å². The van der Waals surface area contributed by atoms with Crippen molar-refractivity contribution in [3.05, 3.63) is 83.7 Å². The lowest BCUT2D eigenvalue weighted by atomic mass is 10.1. The van der Waals surface area contributed by atoms with Crippen LogP contribution in [0.3, 0.4) is 0 Å². The van der Waals surface area contributed by atoms with Crippen molar-refractivity contribution in [1.29, 1.82) is 0 Å². The lowest BCUT2D eigenvalue weighted by molar-refractivity contribution is 0.414. The predicted molar refractivity (Wildman–Crippen MR) is 125 cm³/mol. The summed E-state index contributed by atoms with van der Waals surface area (Å²) in [6.45, 7) is 2.68. The maximum absolute atomic E-state index is 14.4. The smallest absolute Gasteiger partial charge is 0.229 e. The van der Waals surface area contributed by atoms with Crippen LogP contribution in [0.1, 0.15) is 17.0 Å². The third-order valence-corrected chi connectivity index (χ3v) is 5.15. The highest BCUT2D eigenvalue weighted by atomic mass is 19.1. The molecule has 0 radical (unpaired) electrons. The maximum Gasteiger partial charge on any atom is 0.229 e. The lowest BCUT2D eigenvalue weighted by Gasteiger charge is -2.24. The molecule has 174 valence electrons. The number of aromatic nitrogens is 4. The third-order valence-electron chi connectivity index (χ3n) is 5.15. The second-order valence-electron chi connectivity index (χ2n) is 7.59. The standard InChI is InChI=1S/C25H24FN5O3/c1-16-28-24(22-12-19(32)13-27-23(22)26)30-25(29-16)31(14-17-4-8-20(33-2)9-5-17)15-18-6-10-21(34-3)11-7-18/h4-13,32H,14-15H2,1-3H3. The Morgan fingerprint density at radius 1 is 0.853 bits per heavy atom. The van der Waals surface area contributed by atoms with Crippen molar-refractivity contribution in [3.8, 4) is 28.6 Å². The van der Waals surface area contributed by atoms with Gasteiger partial charge in [-0.3, -0.25) is 0 Å².